The molecule has 2 aliphatic rings. The second-order valence-electron chi connectivity index (χ2n) is 13.9. The third-order valence-electron chi connectivity index (χ3n) is 10.2. The number of carbonyl (C=O) groups excluding carboxylic acids is 2. The van der Waals surface area contributed by atoms with Gasteiger partial charge in [0.2, 0.25) is 0 Å². The van der Waals surface area contributed by atoms with Crippen LogP contribution in [-0.4, -0.2) is 76.5 Å². The van der Waals surface area contributed by atoms with Crippen LogP contribution in [-0.2, 0) is 0 Å². The van der Waals surface area contributed by atoms with Crippen molar-refractivity contribution in [2.75, 3.05) is 28.3 Å². The summed E-state index contributed by atoms with van der Waals surface area (Å²) in [6.07, 6.45) is 18.5. The molecule has 2 aromatic heterocycles. The summed E-state index contributed by atoms with van der Waals surface area (Å²) in [5.74, 6) is 1.47. The number of nitrogens with one attached hydrogen (secondary N) is 1. The van der Waals surface area contributed by atoms with Gasteiger partial charge in [0.15, 0.2) is 0 Å². The van der Waals surface area contributed by atoms with Crippen molar-refractivity contribution in [1.29, 1.82) is 10.5 Å². The molecule has 3 aromatic carbocycles. The van der Waals surface area contributed by atoms with Crippen LogP contribution in [0.4, 0.5) is 9.59 Å². The fourth-order valence-electron chi connectivity index (χ4n) is 6.90. The number of aromatic nitrogens is 4. The van der Waals surface area contributed by atoms with Crippen LogP contribution in [0.3, 0.4) is 0 Å². The maximum absolute atomic E-state index is 12.7. The first-order valence-electron chi connectivity index (χ1n) is 19.2. The molecular formula is C44H50N8O5. The Kier molecular flexibility index (Phi) is 15.4. The van der Waals surface area contributed by atoms with Gasteiger partial charge in [-0.2, -0.15) is 10.5 Å². The van der Waals surface area contributed by atoms with Crippen molar-refractivity contribution in [1.82, 2.24) is 29.3 Å². The number of hydrogen-bond donors (Lipinski definition) is 1. The molecule has 57 heavy (non-hydrogen) atoms. The maximum Gasteiger partial charge on any atom is 0.424 e. The van der Waals surface area contributed by atoms with Crippen LogP contribution in [0, 0.1) is 22.7 Å². The van der Waals surface area contributed by atoms with E-state index in [-0.39, 0.29) is 6.03 Å². The molecule has 0 aliphatic heterocycles. The average Bonchev–Trinajstić information content (AvgIpc) is 3.99. The van der Waals surface area contributed by atoms with Crippen LogP contribution in [0.15, 0.2) is 91.8 Å². The molecule has 2 fully saturated rings. The summed E-state index contributed by atoms with van der Waals surface area (Å²) in [5, 5.41) is 21.7. The van der Waals surface area contributed by atoms with Crippen LogP contribution in [0.1, 0.15) is 75.3 Å². The van der Waals surface area contributed by atoms with Gasteiger partial charge in [-0.15, -0.1) is 0 Å². The fourth-order valence-corrected chi connectivity index (χ4v) is 6.90. The maximum atomic E-state index is 12.7. The number of nitrogens with zero attached hydrogens (tertiary/aromatic N) is 7. The summed E-state index contributed by atoms with van der Waals surface area (Å²) in [5.41, 5.74) is 3.54. The summed E-state index contributed by atoms with van der Waals surface area (Å²) in [6, 6.07) is 24.5. The number of ether oxygens (including phenoxy) is 3. The first-order valence-corrected chi connectivity index (χ1v) is 19.2. The standard InChI is InChI=1S/C19H22N4O2.C18H13N3O3.C7H15N/c1-22(16-6-4-3-5-7-16)19(24)23-12-17(21-13-23)14-8-9-18(25-2)15(10-14)11-20;1-23-17-8-7-13(9-14(17)10-19)16-11-21(12-20-16)18(22)24-15-5-3-2-4-6-15;1-8-7-5-3-2-4-6-7/h8-10,12-13,16H,3-7H2,1-2H3;2-9,11-12H,1H3;7-8H,2-6H2,1H3. The van der Waals surface area contributed by atoms with E-state index in [9.17, 15) is 14.9 Å². The quantitative estimate of drug-likeness (QED) is 0.170. The number of rotatable bonds is 7. The van der Waals surface area contributed by atoms with Gasteiger partial charge in [0.05, 0.1) is 36.7 Å². The van der Waals surface area contributed by atoms with Crippen LogP contribution >= 0.6 is 0 Å². The molecule has 1 amide bonds. The lowest BCUT2D eigenvalue weighted by atomic mass is 9.95. The summed E-state index contributed by atoms with van der Waals surface area (Å²) in [4.78, 5) is 35.1. The SMILES string of the molecule is CNC1CCCCC1.COc1ccc(-c2cn(C(=O)N(C)C3CCCCC3)cn2)cc1C#N.COc1ccc(-c2cn(C(=O)Oc3ccccc3)cn2)cc1C#N. The first kappa shape index (κ1) is 41.7. The smallest absolute Gasteiger partial charge is 0.424 e. The molecule has 13 heteroatoms. The number of amides is 1. The normalized spacial score (nSPS) is 14.0. The molecule has 2 aliphatic carbocycles. The number of benzene rings is 3. The summed E-state index contributed by atoms with van der Waals surface area (Å²) < 4.78 is 18.3. The molecule has 0 radical (unpaired) electrons. The molecule has 5 aromatic rings. The van der Waals surface area contributed by atoms with Crippen LogP contribution in [0.5, 0.6) is 17.2 Å². The van der Waals surface area contributed by atoms with E-state index in [0.717, 1.165) is 24.4 Å². The average molecular weight is 771 g/mol. The molecule has 0 atom stereocenters. The van der Waals surface area contributed by atoms with E-state index in [1.165, 1.54) is 87.4 Å². The molecule has 0 bridgehead atoms. The molecule has 2 saturated carbocycles. The zero-order chi connectivity index (χ0) is 40.6. The van der Waals surface area contributed by atoms with Crippen LogP contribution < -0.4 is 19.5 Å². The van der Waals surface area contributed by atoms with Gasteiger partial charge in [-0.3, -0.25) is 4.57 Å². The second-order valence-corrected chi connectivity index (χ2v) is 13.9. The van der Waals surface area contributed by atoms with Crippen molar-refractivity contribution in [3.8, 4) is 51.9 Å². The Bertz CT molecular complexity index is 2150. The minimum Gasteiger partial charge on any atom is -0.495 e. The molecule has 13 nitrogen and oxygen atoms in total. The van der Waals surface area contributed by atoms with Crippen molar-refractivity contribution in [2.45, 2.75) is 76.3 Å². The van der Waals surface area contributed by atoms with E-state index in [2.05, 4.69) is 34.5 Å². The van der Waals surface area contributed by atoms with Crippen molar-refractivity contribution >= 4 is 12.1 Å². The molecule has 0 saturated heterocycles. The van der Waals surface area contributed by atoms with Gasteiger partial charge in [0, 0.05) is 42.7 Å². The highest BCUT2D eigenvalue weighted by Crippen LogP contribution is 2.27. The first-order chi connectivity index (χ1) is 27.8. The molecule has 7 rings (SSSR count). The number of nitriles is 2. The largest absolute Gasteiger partial charge is 0.495 e. The van der Waals surface area contributed by atoms with Crippen molar-refractivity contribution in [3.63, 3.8) is 0 Å². The van der Waals surface area contributed by atoms with E-state index < -0.39 is 6.09 Å². The number of hydrogen-bond acceptors (Lipinski definition) is 10. The number of imidazole rings is 2. The molecular weight excluding hydrogens is 721 g/mol. The molecule has 0 spiro atoms. The van der Waals surface area contributed by atoms with Gasteiger partial charge in [0.1, 0.15) is 42.0 Å². The van der Waals surface area contributed by atoms with E-state index in [4.69, 9.17) is 19.5 Å². The van der Waals surface area contributed by atoms with Gasteiger partial charge in [-0.1, -0.05) is 56.7 Å². The van der Waals surface area contributed by atoms with Gasteiger partial charge >= 0.3 is 12.1 Å². The Morgan fingerprint density at radius 3 is 1.74 bits per heavy atom. The van der Waals surface area contributed by atoms with Gasteiger partial charge in [0.25, 0.3) is 0 Å². The Balaban J connectivity index is 0.000000182. The number of methoxy groups -OCH3 is 2. The summed E-state index contributed by atoms with van der Waals surface area (Å²) >= 11 is 0. The van der Waals surface area contributed by atoms with Crippen LogP contribution in [0.25, 0.3) is 22.5 Å². The lowest BCUT2D eigenvalue weighted by Gasteiger charge is -2.31. The third kappa shape index (κ3) is 11.3. The molecule has 296 valence electrons. The molecule has 0 unspecified atom stereocenters. The highest BCUT2D eigenvalue weighted by molar-refractivity contribution is 5.78. The van der Waals surface area contributed by atoms with Gasteiger partial charge in [-0.25, -0.2) is 24.1 Å². The lowest BCUT2D eigenvalue weighted by Crippen LogP contribution is -2.40. The highest BCUT2D eigenvalue weighted by atomic mass is 16.6. The monoisotopic (exact) mass is 770 g/mol. The fraction of sp³-hybridized carbons (Fsp3) is 0.364. The molecule has 2 heterocycles. The topological polar surface area (TPSA) is 160 Å². The predicted octanol–water partition coefficient (Wildman–Crippen LogP) is 8.68. The number of carbonyl (C=O) groups is 2. The Morgan fingerprint density at radius 1 is 0.737 bits per heavy atom. The van der Waals surface area contributed by atoms with E-state index >= 15 is 0 Å². The van der Waals surface area contributed by atoms with Gasteiger partial charge in [-0.05, 0) is 81.3 Å². The van der Waals surface area contributed by atoms with E-state index in [0.29, 0.717) is 51.4 Å². The van der Waals surface area contributed by atoms with E-state index in [1.54, 1.807) is 67.0 Å². The molecule has 1 N–H and O–H groups in total. The predicted molar refractivity (Wildman–Crippen MR) is 217 cm³/mol. The van der Waals surface area contributed by atoms with Gasteiger partial charge < -0.3 is 24.4 Å². The zero-order valence-corrected chi connectivity index (χ0v) is 33.1. The highest BCUT2D eigenvalue weighted by Gasteiger charge is 2.23. The second kappa shape index (κ2) is 21.0. The zero-order valence-electron chi connectivity index (χ0n) is 33.1. The Labute approximate surface area is 334 Å². The summed E-state index contributed by atoms with van der Waals surface area (Å²) in [7, 11) is 6.96. The minimum absolute atomic E-state index is 0.0698. The number of para-hydroxylation sites is 1. The van der Waals surface area contributed by atoms with E-state index in [1.807, 2.05) is 24.1 Å². The van der Waals surface area contributed by atoms with Crippen LogP contribution in [0.2, 0.25) is 0 Å². The third-order valence-corrected chi connectivity index (χ3v) is 10.2. The van der Waals surface area contributed by atoms with Crippen molar-refractivity contribution < 1.29 is 23.8 Å². The Hall–Kier alpha value is -6.44. The lowest BCUT2D eigenvalue weighted by molar-refractivity contribution is 0.175. The minimum atomic E-state index is -0.561. The summed E-state index contributed by atoms with van der Waals surface area (Å²) in [6.45, 7) is 0. The van der Waals surface area contributed by atoms with Crippen molar-refractivity contribution in [2.24, 2.45) is 0 Å². The van der Waals surface area contributed by atoms with Crippen molar-refractivity contribution in [3.05, 3.63) is 103 Å². The Morgan fingerprint density at radius 2 is 1.25 bits per heavy atom.